The van der Waals surface area contributed by atoms with Crippen molar-refractivity contribution in [2.75, 3.05) is 0 Å². The molecular formula is C19H33ClS. The third-order valence-electron chi connectivity index (χ3n) is 4.58. The Kier molecular flexibility index (Phi) is 9.67. The van der Waals surface area contributed by atoms with Crippen LogP contribution in [0.2, 0.25) is 4.34 Å². The van der Waals surface area contributed by atoms with Gasteiger partial charge in [-0.3, -0.25) is 0 Å². The lowest BCUT2D eigenvalue weighted by molar-refractivity contribution is 0.369. The van der Waals surface area contributed by atoms with Crippen molar-refractivity contribution < 1.29 is 0 Å². The first-order chi connectivity index (χ1) is 10.1. The Balaban J connectivity index is 2.52. The first-order valence-corrected chi connectivity index (χ1v) is 10.1. The summed E-state index contributed by atoms with van der Waals surface area (Å²) in [6, 6.07) is 4.34. The largest absolute Gasteiger partial charge is 0.128 e. The summed E-state index contributed by atoms with van der Waals surface area (Å²) < 4.78 is 0.941. The Bertz CT molecular complexity index is 371. The van der Waals surface area contributed by atoms with Crippen molar-refractivity contribution in [3.05, 3.63) is 21.3 Å². The third kappa shape index (κ3) is 7.19. The maximum absolute atomic E-state index is 6.17. The van der Waals surface area contributed by atoms with E-state index >= 15 is 0 Å². The molecule has 0 aliphatic rings. The Hall–Kier alpha value is -0.0100. The molecule has 0 aliphatic carbocycles. The molecule has 1 heterocycles. The average molecular weight is 329 g/mol. The van der Waals surface area contributed by atoms with E-state index in [-0.39, 0.29) is 0 Å². The van der Waals surface area contributed by atoms with Crippen LogP contribution in [0.15, 0.2) is 12.1 Å². The summed E-state index contributed by atoms with van der Waals surface area (Å²) in [6.07, 6.45) is 14.9. The first kappa shape index (κ1) is 19.0. The van der Waals surface area contributed by atoms with Gasteiger partial charge in [0.2, 0.25) is 0 Å². The summed E-state index contributed by atoms with van der Waals surface area (Å²) >= 11 is 7.96. The van der Waals surface area contributed by atoms with E-state index in [2.05, 4.69) is 32.9 Å². The summed E-state index contributed by atoms with van der Waals surface area (Å²) in [6.45, 7) is 7.03. The minimum absolute atomic E-state index is 0.345. The van der Waals surface area contributed by atoms with Gasteiger partial charge < -0.3 is 0 Å². The average Bonchev–Trinajstić information content (AvgIpc) is 2.91. The Labute approximate surface area is 141 Å². The fourth-order valence-electron chi connectivity index (χ4n) is 3.07. The molecule has 1 unspecified atom stereocenters. The standard InChI is InChI=1S/C19H33ClS/c1-4-6-8-10-12-16-19(3,15-11-9-7-5-2)17-13-14-18(20)21-17/h13-14H,4-12,15-16H2,1-3H3. The van der Waals surface area contributed by atoms with Crippen molar-refractivity contribution in [3.63, 3.8) is 0 Å². The van der Waals surface area contributed by atoms with Gasteiger partial charge >= 0.3 is 0 Å². The molecule has 0 N–H and O–H groups in total. The molecule has 0 aliphatic heterocycles. The van der Waals surface area contributed by atoms with Crippen LogP contribution in [-0.4, -0.2) is 0 Å². The molecule has 1 aromatic heterocycles. The normalized spacial score (nSPS) is 14.3. The van der Waals surface area contributed by atoms with E-state index in [0.717, 1.165) is 4.34 Å². The van der Waals surface area contributed by atoms with Gasteiger partial charge in [0.05, 0.1) is 4.34 Å². The molecular weight excluding hydrogens is 296 g/mol. The zero-order chi connectivity index (χ0) is 15.6. The molecule has 1 atom stereocenters. The van der Waals surface area contributed by atoms with E-state index in [1.54, 1.807) is 11.3 Å². The van der Waals surface area contributed by atoms with Gasteiger partial charge in [-0.15, -0.1) is 11.3 Å². The molecule has 0 saturated heterocycles. The molecule has 1 aromatic rings. The summed E-state index contributed by atoms with van der Waals surface area (Å²) in [5.41, 5.74) is 0.345. The molecule has 0 nitrogen and oxygen atoms in total. The molecule has 0 bridgehead atoms. The van der Waals surface area contributed by atoms with Crippen molar-refractivity contribution in [2.24, 2.45) is 0 Å². The van der Waals surface area contributed by atoms with Crippen molar-refractivity contribution in [1.29, 1.82) is 0 Å². The van der Waals surface area contributed by atoms with Crippen molar-refractivity contribution >= 4 is 22.9 Å². The number of thiophene rings is 1. The number of halogens is 1. The van der Waals surface area contributed by atoms with E-state index in [4.69, 9.17) is 11.6 Å². The molecule has 0 fully saturated rings. The summed E-state index contributed by atoms with van der Waals surface area (Å²) in [4.78, 5) is 1.50. The third-order valence-corrected chi connectivity index (χ3v) is 6.12. The Morgan fingerprint density at radius 2 is 1.38 bits per heavy atom. The SMILES string of the molecule is CCCCCCCC(C)(CCCCCC)c1ccc(Cl)s1. The van der Waals surface area contributed by atoms with Crippen LogP contribution in [0.3, 0.4) is 0 Å². The molecule has 0 spiro atoms. The second-order valence-corrected chi connectivity index (χ2v) is 8.35. The summed E-state index contributed by atoms with van der Waals surface area (Å²) in [5, 5.41) is 0. The van der Waals surface area contributed by atoms with Gasteiger partial charge in [-0.25, -0.2) is 0 Å². The van der Waals surface area contributed by atoms with Crippen molar-refractivity contribution in [2.45, 2.75) is 96.8 Å². The topological polar surface area (TPSA) is 0 Å². The van der Waals surface area contributed by atoms with Gasteiger partial charge in [0, 0.05) is 10.3 Å². The highest BCUT2D eigenvalue weighted by molar-refractivity contribution is 7.16. The second kappa shape index (κ2) is 10.7. The van der Waals surface area contributed by atoms with Crippen LogP contribution >= 0.6 is 22.9 Å². The summed E-state index contributed by atoms with van der Waals surface area (Å²) in [5.74, 6) is 0. The lowest BCUT2D eigenvalue weighted by atomic mass is 9.78. The molecule has 0 saturated carbocycles. The maximum Gasteiger partial charge on any atom is 0.0931 e. The van der Waals surface area contributed by atoms with E-state index in [1.807, 2.05) is 0 Å². The molecule has 1 rings (SSSR count). The number of hydrogen-bond donors (Lipinski definition) is 0. The smallest absolute Gasteiger partial charge is 0.0931 e. The number of rotatable bonds is 12. The molecule has 2 heteroatoms. The van der Waals surface area contributed by atoms with Crippen LogP contribution in [0.5, 0.6) is 0 Å². The van der Waals surface area contributed by atoms with Crippen molar-refractivity contribution in [3.8, 4) is 0 Å². The number of unbranched alkanes of at least 4 members (excludes halogenated alkanes) is 7. The van der Waals surface area contributed by atoms with Crippen LogP contribution in [0, 0.1) is 0 Å². The zero-order valence-corrected chi connectivity index (χ0v) is 15.8. The van der Waals surface area contributed by atoms with Crippen LogP contribution in [0.25, 0.3) is 0 Å². The monoisotopic (exact) mass is 328 g/mol. The molecule has 21 heavy (non-hydrogen) atoms. The highest BCUT2D eigenvalue weighted by Gasteiger charge is 2.27. The summed E-state index contributed by atoms with van der Waals surface area (Å²) in [7, 11) is 0. The molecule has 0 aromatic carbocycles. The van der Waals surface area contributed by atoms with Crippen LogP contribution < -0.4 is 0 Å². The van der Waals surface area contributed by atoms with Gasteiger partial charge in [-0.05, 0) is 25.0 Å². The Morgan fingerprint density at radius 3 is 1.86 bits per heavy atom. The molecule has 122 valence electrons. The van der Waals surface area contributed by atoms with Gasteiger partial charge in [-0.2, -0.15) is 0 Å². The zero-order valence-electron chi connectivity index (χ0n) is 14.2. The number of hydrogen-bond acceptors (Lipinski definition) is 1. The van der Waals surface area contributed by atoms with Crippen molar-refractivity contribution in [1.82, 2.24) is 0 Å². The van der Waals surface area contributed by atoms with E-state index in [0.29, 0.717) is 5.41 Å². The lowest BCUT2D eigenvalue weighted by Gasteiger charge is -2.29. The van der Waals surface area contributed by atoms with E-state index < -0.39 is 0 Å². The van der Waals surface area contributed by atoms with Gasteiger partial charge in [-0.1, -0.05) is 90.2 Å². The first-order valence-electron chi connectivity index (χ1n) is 8.88. The van der Waals surface area contributed by atoms with E-state index in [1.165, 1.54) is 75.5 Å². The highest BCUT2D eigenvalue weighted by atomic mass is 35.5. The van der Waals surface area contributed by atoms with Gasteiger partial charge in [0.15, 0.2) is 0 Å². The fourth-order valence-corrected chi connectivity index (χ4v) is 4.32. The predicted octanol–water partition coefficient (Wildman–Crippen LogP) is 7.99. The second-order valence-electron chi connectivity index (χ2n) is 6.64. The maximum atomic E-state index is 6.17. The Morgan fingerprint density at radius 1 is 0.857 bits per heavy atom. The lowest BCUT2D eigenvalue weighted by Crippen LogP contribution is -2.20. The minimum Gasteiger partial charge on any atom is -0.128 e. The van der Waals surface area contributed by atoms with Gasteiger partial charge in [0.25, 0.3) is 0 Å². The van der Waals surface area contributed by atoms with Crippen LogP contribution in [-0.2, 0) is 5.41 Å². The highest BCUT2D eigenvalue weighted by Crippen LogP contribution is 2.40. The molecule has 0 radical (unpaired) electrons. The van der Waals surface area contributed by atoms with E-state index in [9.17, 15) is 0 Å². The van der Waals surface area contributed by atoms with Gasteiger partial charge in [0.1, 0.15) is 0 Å². The van der Waals surface area contributed by atoms with Crippen LogP contribution in [0.1, 0.15) is 96.3 Å². The fraction of sp³-hybridized carbons (Fsp3) is 0.789. The predicted molar refractivity (Wildman–Crippen MR) is 98.8 cm³/mol. The molecule has 0 amide bonds. The minimum atomic E-state index is 0.345. The van der Waals surface area contributed by atoms with Crippen LogP contribution in [0.4, 0.5) is 0 Å². The quantitative estimate of drug-likeness (QED) is 0.341.